The van der Waals surface area contributed by atoms with Gasteiger partial charge in [-0.25, -0.2) is 4.98 Å². The molecule has 0 bridgehead atoms. The molecule has 0 saturated carbocycles. The third-order valence-electron chi connectivity index (χ3n) is 2.60. The van der Waals surface area contributed by atoms with Crippen LogP contribution in [-0.2, 0) is 6.42 Å². The average Bonchev–Trinajstić information content (AvgIpc) is 2.83. The Bertz CT molecular complexity index is 577. The largest absolute Gasteiger partial charge is 0.330 e. The predicted molar refractivity (Wildman–Crippen MR) is 79.0 cm³/mol. The fourth-order valence-corrected chi connectivity index (χ4v) is 2.68. The molecule has 0 radical (unpaired) electrons. The van der Waals surface area contributed by atoms with Crippen LogP contribution in [0.5, 0.6) is 0 Å². The molecule has 0 fully saturated rings. The number of nitrogens with two attached hydrogens (primary N) is 1. The molecule has 2 aromatic rings. The van der Waals surface area contributed by atoms with Crippen LogP contribution in [0.3, 0.4) is 0 Å². The van der Waals surface area contributed by atoms with Crippen LogP contribution in [0, 0.1) is 6.92 Å². The van der Waals surface area contributed by atoms with Crippen molar-refractivity contribution in [3.05, 3.63) is 44.9 Å². The highest BCUT2D eigenvalue weighted by molar-refractivity contribution is 7.09. The standard InChI is InChI=1S/C13H14ClN3OS/c1-8-3-2-4-9(14)12(8)17-13(18)10-7-19-11(16-10)5-6-15/h2-4,7H,5-6,15H2,1H3,(H,17,18). The normalized spacial score (nSPS) is 10.5. The van der Waals surface area contributed by atoms with Gasteiger partial charge in [0.05, 0.1) is 15.7 Å². The number of carbonyl (C=O) groups excluding carboxylic acids is 1. The molecule has 6 heteroatoms. The summed E-state index contributed by atoms with van der Waals surface area (Å²) in [5.74, 6) is -0.254. The molecule has 100 valence electrons. The van der Waals surface area contributed by atoms with Gasteiger partial charge in [0, 0.05) is 11.8 Å². The quantitative estimate of drug-likeness (QED) is 0.911. The molecule has 4 nitrogen and oxygen atoms in total. The maximum absolute atomic E-state index is 12.1. The average molecular weight is 296 g/mol. The zero-order valence-electron chi connectivity index (χ0n) is 10.4. The van der Waals surface area contributed by atoms with Crippen LogP contribution in [-0.4, -0.2) is 17.4 Å². The second-order valence-corrected chi connectivity index (χ2v) is 5.40. The summed E-state index contributed by atoms with van der Waals surface area (Å²) in [5, 5.41) is 5.90. The summed E-state index contributed by atoms with van der Waals surface area (Å²) < 4.78 is 0. The molecular formula is C13H14ClN3OS. The van der Waals surface area contributed by atoms with Gasteiger partial charge in [-0.05, 0) is 25.1 Å². The molecular weight excluding hydrogens is 282 g/mol. The van der Waals surface area contributed by atoms with E-state index in [4.69, 9.17) is 17.3 Å². The van der Waals surface area contributed by atoms with Gasteiger partial charge in [0.1, 0.15) is 5.69 Å². The monoisotopic (exact) mass is 295 g/mol. The van der Waals surface area contributed by atoms with Gasteiger partial charge < -0.3 is 11.1 Å². The van der Waals surface area contributed by atoms with E-state index in [-0.39, 0.29) is 5.91 Å². The Balaban J connectivity index is 2.16. The first-order valence-corrected chi connectivity index (χ1v) is 7.08. The van der Waals surface area contributed by atoms with Gasteiger partial charge in [0.2, 0.25) is 0 Å². The number of benzene rings is 1. The summed E-state index contributed by atoms with van der Waals surface area (Å²) in [6.45, 7) is 2.42. The highest BCUT2D eigenvalue weighted by atomic mass is 35.5. The Hall–Kier alpha value is -1.43. The lowest BCUT2D eigenvalue weighted by Gasteiger charge is -2.08. The molecule has 0 aliphatic rings. The number of aromatic nitrogens is 1. The summed E-state index contributed by atoms with van der Waals surface area (Å²) >= 11 is 7.50. The highest BCUT2D eigenvalue weighted by Crippen LogP contribution is 2.25. The Kier molecular flexibility index (Phi) is 4.52. The molecule has 2 rings (SSSR count). The third kappa shape index (κ3) is 3.32. The molecule has 0 aliphatic carbocycles. The van der Waals surface area contributed by atoms with Gasteiger partial charge in [0.15, 0.2) is 0 Å². The predicted octanol–water partition coefficient (Wildman–Crippen LogP) is 2.86. The van der Waals surface area contributed by atoms with E-state index in [0.29, 0.717) is 29.4 Å². The van der Waals surface area contributed by atoms with E-state index in [9.17, 15) is 4.79 Å². The van der Waals surface area contributed by atoms with Crippen LogP contribution in [0.15, 0.2) is 23.6 Å². The first-order chi connectivity index (χ1) is 9.11. The van der Waals surface area contributed by atoms with Crippen molar-refractivity contribution in [2.45, 2.75) is 13.3 Å². The highest BCUT2D eigenvalue weighted by Gasteiger charge is 2.13. The number of hydrogen-bond donors (Lipinski definition) is 2. The Labute approximate surface area is 120 Å². The van der Waals surface area contributed by atoms with Crippen molar-refractivity contribution in [2.24, 2.45) is 5.73 Å². The number of thiazole rings is 1. The van der Waals surface area contributed by atoms with Gasteiger partial charge in [-0.3, -0.25) is 4.79 Å². The number of carbonyl (C=O) groups is 1. The SMILES string of the molecule is Cc1cccc(Cl)c1NC(=O)c1csc(CCN)n1. The van der Waals surface area contributed by atoms with Crippen LogP contribution < -0.4 is 11.1 Å². The van der Waals surface area contributed by atoms with Crippen molar-refractivity contribution >= 4 is 34.5 Å². The maximum atomic E-state index is 12.1. The fourth-order valence-electron chi connectivity index (χ4n) is 1.62. The fraction of sp³-hybridized carbons (Fsp3) is 0.231. The minimum atomic E-state index is -0.254. The van der Waals surface area contributed by atoms with Gasteiger partial charge in [-0.1, -0.05) is 23.7 Å². The van der Waals surface area contributed by atoms with E-state index < -0.39 is 0 Å². The summed E-state index contributed by atoms with van der Waals surface area (Å²) in [7, 11) is 0. The van der Waals surface area contributed by atoms with Crippen molar-refractivity contribution in [3.8, 4) is 0 Å². The van der Waals surface area contributed by atoms with Crippen molar-refractivity contribution in [2.75, 3.05) is 11.9 Å². The number of anilines is 1. The molecule has 1 aromatic heterocycles. The molecule has 3 N–H and O–H groups in total. The van der Waals surface area contributed by atoms with Gasteiger partial charge in [-0.15, -0.1) is 11.3 Å². The van der Waals surface area contributed by atoms with Crippen LogP contribution in [0.25, 0.3) is 0 Å². The lowest BCUT2D eigenvalue weighted by Crippen LogP contribution is -2.14. The Morgan fingerprint density at radius 2 is 2.32 bits per heavy atom. The Morgan fingerprint density at radius 1 is 1.53 bits per heavy atom. The van der Waals surface area contributed by atoms with E-state index in [1.165, 1.54) is 11.3 Å². The number of hydrogen-bond acceptors (Lipinski definition) is 4. The van der Waals surface area contributed by atoms with E-state index in [1.807, 2.05) is 19.1 Å². The second-order valence-electron chi connectivity index (χ2n) is 4.05. The van der Waals surface area contributed by atoms with Crippen molar-refractivity contribution in [3.63, 3.8) is 0 Å². The number of halogens is 1. The van der Waals surface area contributed by atoms with E-state index in [1.54, 1.807) is 11.4 Å². The lowest BCUT2D eigenvalue weighted by molar-refractivity contribution is 0.102. The molecule has 0 atom stereocenters. The molecule has 19 heavy (non-hydrogen) atoms. The van der Waals surface area contributed by atoms with E-state index in [0.717, 1.165) is 10.6 Å². The van der Waals surface area contributed by atoms with Crippen molar-refractivity contribution < 1.29 is 4.79 Å². The van der Waals surface area contributed by atoms with Crippen LogP contribution in [0.4, 0.5) is 5.69 Å². The molecule has 0 spiro atoms. The van der Waals surface area contributed by atoms with Crippen LogP contribution >= 0.6 is 22.9 Å². The number of aryl methyl sites for hydroxylation is 1. The second kappa shape index (κ2) is 6.14. The zero-order valence-corrected chi connectivity index (χ0v) is 12.0. The van der Waals surface area contributed by atoms with Crippen molar-refractivity contribution in [1.29, 1.82) is 0 Å². The number of rotatable bonds is 4. The molecule has 0 unspecified atom stereocenters. The minimum Gasteiger partial charge on any atom is -0.330 e. The number of nitrogens with zero attached hydrogens (tertiary/aromatic N) is 1. The zero-order chi connectivity index (χ0) is 13.8. The van der Waals surface area contributed by atoms with Crippen LogP contribution in [0.2, 0.25) is 5.02 Å². The van der Waals surface area contributed by atoms with E-state index >= 15 is 0 Å². The van der Waals surface area contributed by atoms with Gasteiger partial charge in [0.25, 0.3) is 5.91 Å². The Morgan fingerprint density at radius 3 is 3.00 bits per heavy atom. The summed E-state index contributed by atoms with van der Waals surface area (Å²) in [4.78, 5) is 16.3. The molecule has 0 aliphatic heterocycles. The first kappa shape index (κ1) is 14.0. The minimum absolute atomic E-state index is 0.254. The molecule has 0 saturated heterocycles. The number of nitrogens with one attached hydrogen (secondary N) is 1. The van der Waals surface area contributed by atoms with Crippen molar-refractivity contribution in [1.82, 2.24) is 4.98 Å². The van der Waals surface area contributed by atoms with E-state index in [2.05, 4.69) is 10.3 Å². The van der Waals surface area contributed by atoms with Gasteiger partial charge in [-0.2, -0.15) is 0 Å². The number of para-hydroxylation sites is 1. The summed E-state index contributed by atoms with van der Waals surface area (Å²) in [6.07, 6.45) is 0.684. The molecule has 1 heterocycles. The summed E-state index contributed by atoms with van der Waals surface area (Å²) in [6, 6.07) is 5.48. The smallest absolute Gasteiger partial charge is 0.275 e. The first-order valence-electron chi connectivity index (χ1n) is 5.82. The van der Waals surface area contributed by atoms with Crippen LogP contribution in [0.1, 0.15) is 21.1 Å². The molecule has 1 aromatic carbocycles. The molecule has 1 amide bonds. The van der Waals surface area contributed by atoms with Gasteiger partial charge >= 0.3 is 0 Å². The summed E-state index contributed by atoms with van der Waals surface area (Å²) in [5.41, 5.74) is 7.40. The maximum Gasteiger partial charge on any atom is 0.275 e. The topological polar surface area (TPSA) is 68.0 Å². The third-order valence-corrected chi connectivity index (χ3v) is 3.83. The lowest BCUT2D eigenvalue weighted by atomic mass is 10.2. The number of amides is 1.